The van der Waals surface area contributed by atoms with Gasteiger partial charge in [0.2, 0.25) is 0 Å². The number of rotatable bonds is 6. The number of aromatic nitrogens is 1. The van der Waals surface area contributed by atoms with Crippen LogP contribution in [0.2, 0.25) is 10.0 Å². The Morgan fingerprint density at radius 3 is 2.72 bits per heavy atom. The van der Waals surface area contributed by atoms with Gasteiger partial charge in [0.25, 0.3) is 5.91 Å². The average molecular weight is 450 g/mol. The summed E-state index contributed by atoms with van der Waals surface area (Å²) in [6.45, 7) is 1.75. The van der Waals surface area contributed by atoms with Crippen molar-refractivity contribution in [2.24, 2.45) is 0 Å². The van der Waals surface area contributed by atoms with E-state index in [1.54, 1.807) is 48.7 Å². The van der Waals surface area contributed by atoms with E-state index in [9.17, 15) is 9.59 Å². The van der Waals surface area contributed by atoms with Crippen LogP contribution >= 0.6 is 34.5 Å². The molecule has 0 radical (unpaired) electrons. The third-order valence-corrected chi connectivity index (χ3v) is 5.28. The molecule has 1 aromatic heterocycles. The number of anilines is 2. The van der Waals surface area contributed by atoms with Crippen LogP contribution in [0.4, 0.5) is 10.8 Å². The number of benzene rings is 2. The summed E-state index contributed by atoms with van der Waals surface area (Å²) in [6.07, 6.45) is -0.656. The van der Waals surface area contributed by atoms with E-state index in [1.165, 1.54) is 17.4 Å². The molecular weight excluding hydrogens is 433 g/mol. The summed E-state index contributed by atoms with van der Waals surface area (Å²) in [5.41, 5.74) is 7.71. The molecule has 0 fully saturated rings. The van der Waals surface area contributed by atoms with Gasteiger partial charge in [-0.3, -0.25) is 10.1 Å². The van der Waals surface area contributed by atoms with Crippen LogP contribution in [0.1, 0.15) is 23.7 Å². The normalized spacial score (nSPS) is 11.7. The van der Waals surface area contributed by atoms with Gasteiger partial charge in [0.1, 0.15) is 0 Å². The van der Waals surface area contributed by atoms with Crippen LogP contribution in [0.5, 0.6) is 0 Å². The highest BCUT2D eigenvalue weighted by Gasteiger charge is 2.23. The van der Waals surface area contributed by atoms with Crippen molar-refractivity contribution in [2.45, 2.75) is 19.4 Å². The number of nitrogens with one attached hydrogen (secondary N) is 1. The molecule has 1 amide bonds. The second kappa shape index (κ2) is 9.26. The van der Waals surface area contributed by atoms with E-state index in [0.717, 1.165) is 0 Å². The lowest BCUT2D eigenvalue weighted by molar-refractivity contribution is -0.124. The molecule has 6 nitrogen and oxygen atoms in total. The number of carbonyl (C=O) groups excluding carboxylic acids is 2. The van der Waals surface area contributed by atoms with Crippen molar-refractivity contribution in [1.29, 1.82) is 0 Å². The van der Waals surface area contributed by atoms with Crippen LogP contribution in [0.3, 0.4) is 0 Å². The summed E-state index contributed by atoms with van der Waals surface area (Å²) in [6, 6.07) is 11.5. The van der Waals surface area contributed by atoms with Crippen molar-refractivity contribution >= 4 is 57.2 Å². The summed E-state index contributed by atoms with van der Waals surface area (Å²) >= 11 is 13.4. The highest BCUT2D eigenvalue weighted by molar-refractivity contribution is 7.14. The number of ether oxygens (including phenoxy) is 1. The van der Waals surface area contributed by atoms with Gasteiger partial charge in [-0.25, -0.2) is 9.78 Å². The van der Waals surface area contributed by atoms with Crippen LogP contribution in [-0.2, 0) is 9.53 Å². The molecule has 0 saturated carbocycles. The second-order valence-corrected chi connectivity index (χ2v) is 7.78. The summed E-state index contributed by atoms with van der Waals surface area (Å²) in [5, 5.41) is 5.80. The molecule has 1 unspecified atom stereocenters. The van der Waals surface area contributed by atoms with Crippen LogP contribution < -0.4 is 11.1 Å². The number of thiazole rings is 1. The monoisotopic (exact) mass is 449 g/mol. The predicted octanol–water partition coefficient (Wildman–Crippen LogP) is 5.27. The van der Waals surface area contributed by atoms with E-state index >= 15 is 0 Å². The van der Waals surface area contributed by atoms with Crippen LogP contribution in [0.15, 0.2) is 47.8 Å². The van der Waals surface area contributed by atoms with Gasteiger partial charge in [-0.15, -0.1) is 11.3 Å². The molecule has 150 valence electrons. The number of nitrogen functional groups attached to an aromatic ring is 1. The van der Waals surface area contributed by atoms with Crippen LogP contribution in [0.25, 0.3) is 11.3 Å². The first-order valence-corrected chi connectivity index (χ1v) is 10.3. The van der Waals surface area contributed by atoms with Crippen LogP contribution in [0, 0.1) is 0 Å². The van der Waals surface area contributed by atoms with Gasteiger partial charge in [0.15, 0.2) is 11.2 Å². The highest BCUT2D eigenvalue weighted by Crippen LogP contribution is 2.32. The standard InChI is InChI=1S/C20H17Cl2N3O3S/c1-2-17(28-19(27)11-4-3-5-13(23)8-11)18(26)25-20-24-16(10-29-20)14-7-6-12(21)9-15(14)22/h3-10,17H,2,23H2,1H3,(H,24,25,26). The molecule has 0 aliphatic heterocycles. The maximum absolute atomic E-state index is 12.5. The minimum Gasteiger partial charge on any atom is -0.449 e. The molecular formula is C20H17Cl2N3O3S. The zero-order valence-corrected chi connectivity index (χ0v) is 17.6. The first-order valence-electron chi connectivity index (χ1n) is 8.65. The molecule has 1 heterocycles. The van der Waals surface area contributed by atoms with E-state index in [0.29, 0.717) is 38.5 Å². The predicted molar refractivity (Wildman–Crippen MR) is 117 cm³/mol. The third-order valence-electron chi connectivity index (χ3n) is 3.98. The number of nitrogens with zero attached hydrogens (tertiary/aromatic N) is 1. The lowest BCUT2D eigenvalue weighted by atomic mass is 10.2. The Labute approximate surface area is 181 Å². The summed E-state index contributed by atoms with van der Waals surface area (Å²) < 4.78 is 5.33. The Morgan fingerprint density at radius 2 is 2.03 bits per heavy atom. The minimum atomic E-state index is -0.963. The van der Waals surface area contributed by atoms with Crippen molar-refractivity contribution in [3.05, 3.63) is 63.5 Å². The van der Waals surface area contributed by atoms with Crippen molar-refractivity contribution in [3.8, 4) is 11.3 Å². The number of hydrogen-bond acceptors (Lipinski definition) is 6. The average Bonchev–Trinajstić information content (AvgIpc) is 3.13. The fraction of sp³-hybridized carbons (Fsp3) is 0.150. The van der Waals surface area contributed by atoms with E-state index in [4.69, 9.17) is 33.7 Å². The number of hydrogen-bond donors (Lipinski definition) is 2. The lowest BCUT2D eigenvalue weighted by Gasteiger charge is -2.15. The number of esters is 1. The van der Waals surface area contributed by atoms with Gasteiger partial charge < -0.3 is 10.5 Å². The maximum Gasteiger partial charge on any atom is 0.338 e. The number of amides is 1. The smallest absolute Gasteiger partial charge is 0.338 e. The molecule has 3 N–H and O–H groups in total. The van der Waals surface area contributed by atoms with Gasteiger partial charge in [-0.1, -0.05) is 36.2 Å². The van der Waals surface area contributed by atoms with Gasteiger partial charge in [-0.05, 0) is 42.8 Å². The molecule has 0 saturated heterocycles. The van der Waals surface area contributed by atoms with Crippen molar-refractivity contribution in [1.82, 2.24) is 4.98 Å². The Kier molecular flexibility index (Phi) is 6.74. The number of halogens is 2. The Morgan fingerprint density at radius 1 is 1.24 bits per heavy atom. The van der Waals surface area contributed by atoms with E-state index in [2.05, 4.69) is 10.3 Å². The topological polar surface area (TPSA) is 94.3 Å². The second-order valence-electron chi connectivity index (χ2n) is 6.08. The molecule has 0 spiro atoms. The van der Waals surface area contributed by atoms with Gasteiger partial charge in [-0.2, -0.15) is 0 Å². The molecule has 3 rings (SSSR count). The largest absolute Gasteiger partial charge is 0.449 e. The molecule has 1 atom stereocenters. The maximum atomic E-state index is 12.5. The fourth-order valence-corrected chi connectivity index (χ4v) is 3.74. The quantitative estimate of drug-likeness (QED) is 0.394. The first kappa shape index (κ1) is 21.1. The van der Waals surface area contributed by atoms with Crippen molar-refractivity contribution < 1.29 is 14.3 Å². The summed E-state index contributed by atoms with van der Waals surface area (Å²) in [4.78, 5) is 29.2. The zero-order chi connectivity index (χ0) is 21.0. The van der Waals surface area contributed by atoms with Crippen molar-refractivity contribution in [2.75, 3.05) is 11.1 Å². The van der Waals surface area contributed by atoms with Crippen molar-refractivity contribution in [3.63, 3.8) is 0 Å². The fourth-order valence-electron chi connectivity index (χ4n) is 2.52. The Balaban J connectivity index is 1.68. The highest BCUT2D eigenvalue weighted by atomic mass is 35.5. The Bertz CT molecular complexity index is 1050. The van der Waals surface area contributed by atoms with Gasteiger partial charge in [0, 0.05) is 21.7 Å². The Hall–Kier alpha value is -2.61. The lowest BCUT2D eigenvalue weighted by Crippen LogP contribution is -2.32. The third kappa shape index (κ3) is 5.26. The zero-order valence-electron chi connectivity index (χ0n) is 15.3. The van der Waals surface area contributed by atoms with E-state index in [1.807, 2.05) is 0 Å². The van der Waals surface area contributed by atoms with E-state index in [-0.39, 0.29) is 5.56 Å². The molecule has 0 aliphatic carbocycles. The summed E-state index contributed by atoms with van der Waals surface area (Å²) in [5.74, 6) is -1.08. The molecule has 0 bridgehead atoms. The molecule has 9 heteroatoms. The van der Waals surface area contributed by atoms with Crippen LogP contribution in [-0.4, -0.2) is 23.0 Å². The van der Waals surface area contributed by atoms with E-state index < -0.39 is 18.0 Å². The first-order chi connectivity index (χ1) is 13.9. The van der Waals surface area contributed by atoms with Gasteiger partial charge in [0.05, 0.1) is 16.3 Å². The summed E-state index contributed by atoms with van der Waals surface area (Å²) in [7, 11) is 0. The number of carbonyl (C=O) groups is 2. The SMILES string of the molecule is CCC(OC(=O)c1cccc(N)c1)C(=O)Nc1nc(-c2ccc(Cl)cc2Cl)cs1. The minimum absolute atomic E-state index is 0.283. The molecule has 3 aromatic rings. The van der Waals surface area contributed by atoms with Gasteiger partial charge >= 0.3 is 5.97 Å². The molecule has 2 aromatic carbocycles. The molecule has 0 aliphatic rings. The number of nitrogens with two attached hydrogens (primary N) is 1. The molecule has 29 heavy (non-hydrogen) atoms.